The third kappa shape index (κ3) is 5.73. The quantitative estimate of drug-likeness (QED) is 0.701. The molecular weight excluding hydrogens is 294 g/mol. The fourth-order valence-electron chi connectivity index (χ4n) is 2.12. The Balaban J connectivity index is 2.71. The topological polar surface area (TPSA) is 87.3 Å². The smallest absolute Gasteiger partial charge is 0.252 e. The number of benzene rings is 1. The summed E-state index contributed by atoms with van der Waals surface area (Å²) in [5.74, 6) is -1.02. The van der Waals surface area contributed by atoms with Gasteiger partial charge in [-0.15, -0.1) is 0 Å². The molecule has 3 N–H and O–H groups in total. The van der Waals surface area contributed by atoms with E-state index in [1.165, 1.54) is 0 Å². The first kappa shape index (κ1) is 18.7. The monoisotopic (exact) mass is 319 g/mol. The molecule has 0 aliphatic carbocycles. The number of amides is 3. The van der Waals surface area contributed by atoms with E-state index in [-0.39, 0.29) is 30.2 Å². The number of hydrogen-bond donors (Lipinski definition) is 3. The summed E-state index contributed by atoms with van der Waals surface area (Å²) in [6.45, 7) is 7.74. The summed E-state index contributed by atoms with van der Waals surface area (Å²) in [6, 6.07) is 6.49. The zero-order valence-corrected chi connectivity index (χ0v) is 14.1. The molecule has 23 heavy (non-hydrogen) atoms. The summed E-state index contributed by atoms with van der Waals surface area (Å²) >= 11 is 0. The second kappa shape index (κ2) is 8.92. The molecule has 0 spiro atoms. The molecular formula is C17H25N3O3. The highest BCUT2D eigenvalue weighted by Crippen LogP contribution is 2.09. The van der Waals surface area contributed by atoms with Crippen LogP contribution in [0.15, 0.2) is 24.3 Å². The molecule has 0 aromatic heterocycles. The van der Waals surface area contributed by atoms with E-state index < -0.39 is 6.04 Å². The number of hydrogen-bond acceptors (Lipinski definition) is 3. The molecule has 1 atom stereocenters. The van der Waals surface area contributed by atoms with Gasteiger partial charge in [-0.25, -0.2) is 0 Å². The van der Waals surface area contributed by atoms with Crippen LogP contribution < -0.4 is 16.0 Å². The Kier molecular flexibility index (Phi) is 7.25. The number of likely N-dealkylation sites (N-methyl/N-ethyl adjacent to an activating group) is 1. The van der Waals surface area contributed by atoms with E-state index in [0.29, 0.717) is 12.1 Å². The molecule has 0 bridgehead atoms. The fourth-order valence-corrected chi connectivity index (χ4v) is 2.12. The molecule has 0 aliphatic rings. The number of carbonyl (C=O) groups is 3. The van der Waals surface area contributed by atoms with Gasteiger partial charge in [0.2, 0.25) is 11.8 Å². The average molecular weight is 319 g/mol. The van der Waals surface area contributed by atoms with E-state index in [9.17, 15) is 14.4 Å². The lowest BCUT2D eigenvalue weighted by Gasteiger charge is -2.22. The van der Waals surface area contributed by atoms with Crippen molar-refractivity contribution in [1.82, 2.24) is 16.0 Å². The number of nitrogens with one attached hydrogen (secondary N) is 3. The van der Waals surface area contributed by atoms with Gasteiger partial charge in [-0.1, -0.05) is 32.0 Å². The Morgan fingerprint density at radius 2 is 1.74 bits per heavy atom. The van der Waals surface area contributed by atoms with Crippen molar-refractivity contribution in [3.63, 3.8) is 0 Å². The van der Waals surface area contributed by atoms with Crippen molar-refractivity contribution in [3.8, 4) is 0 Å². The van der Waals surface area contributed by atoms with E-state index in [1.807, 2.05) is 32.9 Å². The van der Waals surface area contributed by atoms with Crippen molar-refractivity contribution in [2.75, 3.05) is 13.1 Å². The lowest BCUT2D eigenvalue weighted by atomic mass is 10.0. The van der Waals surface area contributed by atoms with E-state index in [0.717, 1.165) is 5.56 Å². The van der Waals surface area contributed by atoms with Crippen LogP contribution in [0.5, 0.6) is 0 Å². The van der Waals surface area contributed by atoms with Gasteiger partial charge in [-0.3, -0.25) is 14.4 Å². The molecule has 1 aromatic carbocycles. The third-order valence-electron chi connectivity index (χ3n) is 3.42. The van der Waals surface area contributed by atoms with Crippen LogP contribution in [-0.4, -0.2) is 36.9 Å². The summed E-state index contributed by atoms with van der Waals surface area (Å²) in [4.78, 5) is 36.0. The van der Waals surface area contributed by atoms with Crippen LogP contribution in [0.1, 0.15) is 36.7 Å². The van der Waals surface area contributed by atoms with Gasteiger partial charge >= 0.3 is 0 Å². The van der Waals surface area contributed by atoms with E-state index >= 15 is 0 Å². The Hall–Kier alpha value is -2.37. The highest BCUT2D eigenvalue weighted by Gasteiger charge is 2.25. The largest absolute Gasteiger partial charge is 0.355 e. The molecule has 0 heterocycles. The lowest BCUT2D eigenvalue weighted by molar-refractivity contribution is -0.127. The molecule has 1 rings (SSSR count). The minimum Gasteiger partial charge on any atom is -0.355 e. The minimum absolute atomic E-state index is 0.0998. The van der Waals surface area contributed by atoms with Crippen LogP contribution in [0.2, 0.25) is 0 Å². The first-order valence-corrected chi connectivity index (χ1v) is 7.77. The first-order valence-electron chi connectivity index (χ1n) is 7.77. The van der Waals surface area contributed by atoms with Crippen molar-refractivity contribution in [3.05, 3.63) is 35.4 Å². The van der Waals surface area contributed by atoms with Crippen LogP contribution in [0.3, 0.4) is 0 Å². The van der Waals surface area contributed by atoms with E-state index in [4.69, 9.17) is 0 Å². The maximum absolute atomic E-state index is 12.4. The van der Waals surface area contributed by atoms with Gasteiger partial charge in [-0.05, 0) is 31.4 Å². The predicted octanol–water partition coefficient (Wildman–Crippen LogP) is 1.00. The highest BCUT2D eigenvalue weighted by molar-refractivity contribution is 5.99. The van der Waals surface area contributed by atoms with Crippen LogP contribution >= 0.6 is 0 Å². The Labute approximate surface area is 137 Å². The van der Waals surface area contributed by atoms with E-state index in [1.54, 1.807) is 19.1 Å². The molecule has 1 aromatic rings. The van der Waals surface area contributed by atoms with E-state index in [2.05, 4.69) is 16.0 Å². The summed E-state index contributed by atoms with van der Waals surface area (Å²) < 4.78 is 0. The summed E-state index contributed by atoms with van der Waals surface area (Å²) in [5.41, 5.74) is 1.38. The van der Waals surface area contributed by atoms with Gasteiger partial charge in [0.25, 0.3) is 5.91 Å². The number of carbonyl (C=O) groups excluding carboxylic acids is 3. The maximum atomic E-state index is 12.4. The third-order valence-corrected chi connectivity index (χ3v) is 3.42. The second-order valence-electron chi connectivity index (χ2n) is 5.68. The van der Waals surface area contributed by atoms with Gasteiger partial charge in [0, 0.05) is 12.1 Å². The standard InChI is InChI=1S/C17H25N3O3/c1-5-18-14(21)10-19-17(23)15(11(2)3)20-16(22)13-9-7-6-8-12(13)4/h6-9,11,15H,5,10H2,1-4H3,(H,18,21)(H,19,23)(H,20,22)/t15-/m0/s1. The zero-order valence-electron chi connectivity index (χ0n) is 14.1. The summed E-state index contributed by atoms with van der Waals surface area (Å²) in [5, 5.41) is 7.90. The van der Waals surface area contributed by atoms with Crippen LogP contribution in [0.25, 0.3) is 0 Å². The van der Waals surface area contributed by atoms with Crippen LogP contribution in [-0.2, 0) is 9.59 Å². The molecule has 0 aliphatic heterocycles. The Morgan fingerprint density at radius 3 is 2.30 bits per heavy atom. The normalized spacial score (nSPS) is 11.7. The molecule has 0 radical (unpaired) electrons. The molecule has 3 amide bonds. The van der Waals surface area contributed by atoms with Crippen molar-refractivity contribution >= 4 is 17.7 Å². The summed E-state index contributed by atoms with van der Waals surface area (Å²) in [6.07, 6.45) is 0. The molecule has 0 saturated carbocycles. The molecule has 6 heteroatoms. The second-order valence-corrected chi connectivity index (χ2v) is 5.68. The fraction of sp³-hybridized carbons (Fsp3) is 0.471. The SMILES string of the molecule is CCNC(=O)CNC(=O)[C@@H](NC(=O)c1ccccc1C)C(C)C. The van der Waals surface area contributed by atoms with Crippen molar-refractivity contribution in [2.24, 2.45) is 5.92 Å². The van der Waals surface area contributed by atoms with Gasteiger partial charge in [0.15, 0.2) is 0 Å². The molecule has 0 saturated heterocycles. The van der Waals surface area contributed by atoms with Gasteiger partial charge < -0.3 is 16.0 Å². The van der Waals surface area contributed by atoms with Crippen LogP contribution in [0.4, 0.5) is 0 Å². The first-order chi connectivity index (χ1) is 10.9. The van der Waals surface area contributed by atoms with Gasteiger partial charge in [0.05, 0.1) is 6.54 Å². The van der Waals surface area contributed by atoms with Crippen molar-refractivity contribution in [1.29, 1.82) is 0 Å². The lowest BCUT2D eigenvalue weighted by Crippen LogP contribution is -2.51. The summed E-state index contributed by atoms with van der Waals surface area (Å²) in [7, 11) is 0. The number of aryl methyl sites for hydroxylation is 1. The molecule has 6 nitrogen and oxygen atoms in total. The average Bonchev–Trinajstić information content (AvgIpc) is 2.50. The minimum atomic E-state index is -0.698. The van der Waals surface area contributed by atoms with Gasteiger partial charge in [-0.2, -0.15) is 0 Å². The Bertz CT molecular complexity index is 570. The molecule has 0 fully saturated rings. The van der Waals surface area contributed by atoms with Crippen molar-refractivity contribution in [2.45, 2.75) is 33.7 Å². The highest BCUT2D eigenvalue weighted by atomic mass is 16.2. The molecule has 126 valence electrons. The number of rotatable bonds is 7. The Morgan fingerprint density at radius 1 is 1.09 bits per heavy atom. The maximum Gasteiger partial charge on any atom is 0.252 e. The predicted molar refractivity (Wildman–Crippen MR) is 89.0 cm³/mol. The zero-order chi connectivity index (χ0) is 17.4. The van der Waals surface area contributed by atoms with Crippen molar-refractivity contribution < 1.29 is 14.4 Å². The van der Waals surface area contributed by atoms with Gasteiger partial charge in [0.1, 0.15) is 6.04 Å². The van der Waals surface area contributed by atoms with Crippen LogP contribution in [0, 0.1) is 12.8 Å². The molecule has 0 unspecified atom stereocenters.